The van der Waals surface area contributed by atoms with Gasteiger partial charge in [0.05, 0.1) is 10.0 Å². The molecule has 1 aromatic heterocycles. The highest BCUT2D eigenvalue weighted by atomic mass is 79.9. The van der Waals surface area contributed by atoms with Crippen molar-refractivity contribution in [2.24, 2.45) is 0 Å². The lowest BCUT2D eigenvalue weighted by atomic mass is 10.3. The fourth-order valence-electron chi connectivity index (χ4n) is 1.25. The number of thiophene rings is 1. The first kappa shape index (κ1) is 13.7. The van der Waals surface area contributed by atoms with Gasteiger partial charge in [-0.2, -0.15) is 0 Å². The summed E-state index contributed by atoms with van der Waals surface area (Å²) in [6.07, 6.45) is 0. The molecule has 2 rings (SSSR count). The molecule has 0 amide bonds. The molecule has 8 heteroatoms. The van der Waals surface area contributed by atoms with Gasteiger partial charge in [0.15, 0.2) is 0 Å². The van der Waals surface area contributed by atoms with Crippen molar-refractivity contribution < 1.29 is 8.42 Å². The van der Waals surface area contributed by atoms with Crippen LogP contribution in [0.5, 0.6) is 0 Å². The van der Waals surface area contributed by atoms with E-state index in [4.69, 9.17) is 17.3 Å². The van der Waals surface area contributed by atoms with Crippen molar-refractivity contribution in [1.82, 2.24) is 0 Å². The first-order chi connectivity index (χ1) is 8.38. The summed E-state index contributed by atoms with van der Waals surface area (Å²) in [6.45, 7) is 0. The van der Waals surface area contributed by atoms with Gasteiger partial charge in [-0.15, -0.1) is 11.3 Å². The molecule has 0 saturated carbocycles. The Balaban J connectivity index is 2.33. The summed E-state index contributed by atoms with van der Waals surface area (Å²) >= 11 is 9.97. The van der Waals surface area contributed by atoms with E-state index in [1.165, 1.54) is 6.07 Å². The number of sulfonamides is 1. The van der Waals surface area contributed by atoms with Crippen LogP contribution in [0.25, 0.3) is 0 Å². The zero-order chi connectivity index (χ0) is 13.3. The van der Waals surface area contributed by atoms with Crippen LogP contribution < -0.4 is 10.5 Å². The second kappa shape index (κ2) is 5.08. The third kappa shape index (κ3) is 2.97. The molecule has 0 unspecified atom stereocenters. The number of anilines is 2. The van der Waals surface area contributed by atoms with E-state index >= 15 is 0 Å². The highest BCUT2D eigenvalue weighted by Crippen LogP contribution is 2.30. The van der Waals surface area contributed by atoms with Gasteiger partial charge in [0.2, 0.25) is 0 Å². The van der Waals surface area contributed by atoms with Gasteiger partial charge < -0.3 is 5.73 Å². The van der Waals surface area contributed by atoms with E-state index in [1.54, 1.807) is 24.3 Å². The number of halogens is 2. The maximum absolute atomic E-state index is 12.0. The third-order valence-corrected chi connectivity index (χ3v) is 5.80. The lowest BCUT2D eigenvalue weighted by molar-refractivity contribution is 0.603. The smallest absolute Gasteiger partial charge is 0.271 e. The molecule has 3 N–H and O–H groups in total. The first-order valence-electron chi connectivity index (χ1n) is 4.72. The zero-order valence-corrected chi connectivity index (χ0v) is 12.8. The highest BCUT2D eigenvalue weighted by Gasteiger charge is 2.17. The highest BCUT2D eigenvalue weighted by molar-refractivity contribution is 9.10. The Morgan fingerprint density at radius 1 is 1.28 bits per heavy atom. The average Bonchev–Trinajstić information content (AvgIpc) is 2.70. The molecule has 2 aromatic rings. The SMILES string of the molecule is Nc1ccc(NS(=O)(=O)c2ccc(Cl)s2)c(Br)c1. The maximum atomic E-state index is 12.0. The number of nitrogens with one attached hydrogen (secondary N) is 1. The van der Waals surface area contributed by atoms with Crippen molar-refractivity contribution in [3.05, 3.63) is 39.1 Å². The Kier molecular flexibility index (Phi) is 3.86. The summed E-state index contributed by atoms with van der Waals surface area (Å²) < 4.78 is 27.7. The van der Waals surface area contributed by atoms with Gasteiger partial charge in [0.1, 0.15) is 4.21 Å². The van der Waals surface area contributed by atoms with Gasteiger partial charge in [-0.3, -0.25) is 4.72 Å². The maximum Gasteiger partial charge on any atom is 0.271 e. The van der Waals surface area contributed by atoms with Crippen molar-refractivity contribution in [3.8, 4) is 0 Å². The van der Waals surface area contributed by atoms with E-state index in [0.717, 1.165) is 11.3 Å². The minimum Gasteiger partial charge on any atom is -0.399 e. The van der Waals surface area contributed by atoms with Crippen molar-refractivity contribution >= 4 is 60.3 Å². The van der Waals surface area contributed by atoms with E-state index in [9.17, 15) is 8.42 Å². The molecule has 1 aromatic carbocycles. The Bertz CT molecular complexity index is 685. The molecule has 18 heavy (non-hydrogen) atoms. The predicted molar refractivity (Wildman–Crippen MR) is 78.7 cm³/mol. The van der Waals surface area contributed by atoms with Crippen LogP contribution in [-0.4, -0.2) is 8.42 Å². The van der Waals surface area contributed by atoms with Crippen LogP contribution in [-0.2, 0) is 10.0 Å². The molecule has 0 aliphatic rings. The Hall–Kier alpha value is -0.760. The van der Waals surface area contributed by atoms with E-state index in [1.807, 2.05) is 0 Å². The molecule has 96 valence electrons. The molecule has 1 heterocycles. The number of rotatable bonds is 3. The number of benzene rings is 1. The van der Waals surface area contributed by atoms with E-state index in [0.29, 0.717) is 20.2 Å². The monoisotopic (exact) mass is 366 g/mol. The molecule has 0 spiro atoms. The molecular weight excluding hydrogens is 360 g/mol. The largest absolute Gasteiger partial charge is 0.399 e. The molecule has 0 atom stereocenters. The van der Waals surface area contributed by atoms with Crippen LogP contribution in [0.1, 0.15) is 0 Å². The Morgan fingerprint density at radius 3 is 2.56 bits per heavy atom. The zero-order valence-electron chi connectivity index (χ0n) is 8.85. The van der Waals surface area contributed by atoms with Gasteiger partial charge in [-0.1, -0.05) is 11.6 Å². The lowest BCUT2D eigenvalue weighted by Crippen LogP contribution is -2.11. The van der Waals surface area contributed by atoms with E-state index in [2.05, 4.69) is 20.7 Å². The second-order valence-corrected chi connectivity index (χ2v) is 7.88. The van der Waals surface area contributed by atoms with Crippen molar-refractivity contribution in [1.29, 1.82) is 0 Å². The lowest BCUT2D eigenvalue weighted by Gasteiger charge is -2.08. The summed E-state index contributed by atoms with van der Waals surface area (Å²) in [5.74, 6) is 0. The molecule has 0 bridgehead atoms. The van der Waals surface area contributed by atoms with Crippen LogP contribution >= 0.6 is 38.9 Å². The van der Waals surface area contributed by atoms with Gasteiger partial charge in [0.25, 0.3) is 10.0 Å². The van der Waals surface area contributed by atoms with Crippen molar-refractivity contribution in [3.63, 3.8) is 0 Å². The fraction of sp³-hybridized carbons (Fsp3) is 0. The van der Waals surface area contributed by atoms with E-state index in [-0.39, 0.29) is 4.21 Å². The fourth-order valence-corrected chi connectivity index (χ4v) is 4.44. The topological polar surface area (TPSA) is 72.2 Å². The quantitative estimate of drug-likeness (QED) is 0.815. The van der Waals surface area contributed by atoms with Crippen LogP contribution in [0.4, 0.5) is 11.4 Å². The van der Waals surface area contributed by atoms with Crippen LogP contribution in [0.15, 0.2) is 39.0 Å². The summed E-state index contributed by atoms with van der Waals surface area (Å²) in [5.41, 5.74) is 6.55. The first-order valence-corrected chi connectivity index (χ1v) is 8.19. The molecule has 0 aliphatic carbocycles. The number of hydrogen-bond donors (Lipinski definition) is 2. The summed E-state index contributed by atoms with van der Waals surface area (Å²) in [5, 5.41) is 0. The molecular formula is C10H8BrClN2O2S2. The molecule has 0 radical (unpaired) electrons. The van der Waals surface area contributed by atoms with Gasteiger partial charge in [0, 0.05) is 10.2 Å². The van der Waals surface area contributed by atoms with Gasteiger partial charge in [-0.25, -0.2) is 8.42 Å². The Morgan fingerprint density at radius 2 is 2.00 bits per heavy atom. The summed E-state index contributed by atoms with van der Waals surface area (Å²) in [6, 6.07) is 7.83. The Labute approximate surface area is 122 Å². The normalized spacial score (nSPS) is 11.4. The summed E-state index contributed by atoms with van der Waals surface area (Å²) in [4.78, 5) is 0. The van der Waals surface area contributed by atoms with Crippen LogP contribution in [0.3, 0.4) is 0 Å². The molecule has 0 saturated heterocycles. The van der Waals surface area contributed by atoms with Crippen LogP contribution in [0.2, 0.25) is 4.34 Å². The molecule has 0 fully saturated rings. The standard InChI is InChI=1S/C10H8BrClN2O2S2/c11-7-5-6(13)1-2-8(7)14-18(15,16)10-4-3-9(12)17-10/h1-5,14H,13H2. The minimum atomic E-state index is -3.61. The molecule has 4 nitrogen and oxygen atoms in total. The number of nitrogen functional groups attached to an aromatic ring is 1. The van der Waals surface area contributed by atoms with E-state index < -0.39 is 10.0 Å². The number of hydrogen-bond acceptors (Lipinski definition) is 4. The minimum absolute atomic E-state index is 0.163. The van der Waals surface area contributed by atoms with Gasteiger partial charge in [-0.05, 0) is 46.3 Å². The van der Waals surface area contributed by atoms with Gasteiger partial charge >= 0.3 is 0 Å². The van der Waals surface area contributed by atoms with Crippen molar-refractivity contribution in [2.75, 3.05) is 10.5 Å². The molecule has 0 aliphatic heterocycles. The van der Waals surface area contributed by atoms with Crippen LogP contribution in [0, 0.1) is 0 Å². The predicted octanol–water partition coefficient (Wildman–Crippen LogP) is 3.55. The number of nitrogens with two attached hydrogens (primary N) is 1. The summed E-state index contributed by atoms with van der Waals surface area (Å²) in [7, 11) is -3.61. The average molecular weight is 368 g/mol. The third-order valence-electron chi connectivity index (χ3n) is 2.05. The second-order valence-electron chi connectivity index (χ2n) is 3.40. The van der Waals surface area contributed by atoms with Crippen molar-refractivity contribution in [2.45, 2.75) is 4.21 Å².